The predicted octanol–water partition coefficient (Wildman–Crippen LogP) is 2.41. The van der Waals surface area contributed by atoms with Crippen LogP contribution in [0.1, 0.15) is 5.56 Å². The zero-order valence-electron chi connectivity index (χ0n) is 11.7. The Morgan fingerprint density at radius 2 is 2.05 bits per heavy atom. The number of nitrogens with two attached hydrogens (primary N) is 1. The van der Waals surface area contributed by atoms with Crippen molar-refractivity contribution in [2.75, 3.05) is 29.0 Å². The van der Waals surface area contributed by atoms with Gasteiger partial charge in [0, 0.05) is 36.7 Å². The summed E-state index contributed by atoms with van der Waals surface area (Å²) in [5.41, 5.74) is 9.63. The van der Waals surface area contributed by atoms with Gasteiger partial charge in [0.25, 0.3) is 0 Å². The first kappa shape index (κ1) is 13.3. The third-order valence-electron chi connectivity index (χ3n) is 3.55. The van der Waals surface area contributed by atoms with Gasteiger partial charge in [0.1, 0.15) is 0 Å². The predicted molar refractivity (Wildman–Crippen MR) is 85.4 cm³/mol. The van der Waals surface area contributed by atoms with Crippen LogP contribution < -0.4 is 21.3 Å². The summed E-state index contributed by atoms with van der Waals surface area (Å²) in [7, 11) is 0. The fourth-order valence-electron chi connectivity index (χ4n) is 2.39. The fourth-order valence-corrected chi connectivity index (χ4v) is 2.39. The third-order valence-corrected chi connectivity index (χ3v) is 3.55. The monoisotopic (exact) mass is 282 g/mol. The Morgan fingerprint density at radius 1 is 1.19 bits per heavy atom. The molecule has 0 spiro atoms. The number of hydrogen-bond acceptors (Lipinski definition) is 3. The van der Waals surface area contributed by atoms with Crippen molar-refractivity contribution in [1.82, 2.24) is 5.32 Å². The van der Waals surface area contributed by atoms with Crippen molar-refractivity contribution in [1.29, 1.82) is 0 Å². The van der Waals surface area contributed by atoms with Crippen LogP contribution in [-0.2, 0) is 6.54 Å². The molecule has 2 aromatic rings. The van der Waals surface area contributed by atoms with E-state index >= 15 is 0 Å². The van der Waals surface area contributed by atoms with Gasteiger partial charge in [-0.2, -0.15) is 0 Å². The molecule has 21 heavy (non-hydrogen) atoms. The molecule has 0 bridgehead atoms. The zero-order valence-corrected chi connectivity index (χ0v) is 11.7. The van der Waals surface area contributed by atoms with E-state index < -0.39 is 0 Å². The number of para-hydroxylation sites is 1. The number of urea groups is 1. The van der Waals surface area contributed by atoms with Gasteiger partial charge in [0.15, 0.2) is 0 Å². The topological polar surface area (TPSA) is 70.4 Å². The van der Waals surface area contributed by atoms with Crippen molar-refractivity contribution in [2.24, 2.45) is 0 Å². The number of rotatable bonds is 4. The molecule has 0 atom stereocenters. The molecule has 108 valence electrons. The Labute approximate surface area is 123 Å². The molecule has 0 radical (unpaired) electrons. The van der Waals surface area contributed by atoms with Crippen molar-refractivity contribution in [3.63, 3.8) is 0 Å². The summed E-state index contributed by atoms with van der Waals surface area (Å²) in [4.78, 5) is 13.4. The van der Waals surface area contributed by atoms with E-state index in [0.29, 0.717) is 19.6 Å². The molecule has 0 saturated carbocycles. The van der Waals surface area contributed by atoms with E-state index in [1.165, 1.54) is 0 Å². The van der Waals surface area contributed by atoms with Crippen molar-refractivity contribution in [3.05, 3.63) is 54.1 Å². The maximum atomic E-state index is 11.7. The van der Waals surface area contributed by atoms with Crippen LogP contribution in [0.25, 0.3) is 0 Å². The van der Waals surface area contributed by atoms with Gasteiger partial charge >= 0.3 is 6.03 Å². The second kappa shape index (κ2) is 5.75. The lowest BCUT2D eigenvalue weighted by molar-refractivity contribution is 0.252. The lowest BCUT2D eigenvalue weighted by atomic mass is 10.2. The first-order valence-electron chi connectivity index (χ1n) is 6.97. The number of anilines is 3. The molecule has 2 amide bonds. The first-order chi connectivity index (χ1) is 10.2. The lowest BCUT2D eigenvalue weighted by Gasteiger charge is -2.16. The second-order valence-electron chi connectivity index (χ2n) is 4.99. The van der Waals surface area contributed by atoms with Gasteiger partial charge in [0.2, 0.25) is 0 Å². The molecule has 0 aliphatic carbocycles. The fraction of sp³-hybridized carbons (Fsp3) is 0.188. The highest BCUT2D eigenvalue weighted by Gasteiger charge is 2.20. The number of nitrogen functional groups attached to an aromatic ring is 1. The quantitative estimate of drug-likeness (QED) is 0.754. The van der Waals surface area contributed by atoms with Gasteiger partial charge in [-0.3, -0.25) is 4.90 Å². The first-order valence-corrected chi connectivity index (χ1v) is 6.97. The lowest BCUT2D eigenvalue weighted by Crippen LogP contribution is -2.27. The molecule has 1 fully saturated rings. The number of nitrogens with zero attached hydrogens (tertiary/aromatic N) is 1. The minimum absolute atomic E-state index is 0.0422. The van der Waals surface area contributed by atoms with Gasteiger partial charge in [-0.1, -0.05) is 24.3 Å². The van der Waals surface area contributed by atoms with E-state index in [4.69, 9.17) is 5.73 Å². The van der Waals surface area contributed by atoms with Crippen LogP contribution >= 0.6 is 0 Å². The Morgan fingerprint density at radius 3 is 2.81 bits per heavy atom. The van der Waals surface area contributed by atoms with Gasteiger partial charge < -0.3 is 16.4 Å². The highest BCUT2D eigenvalue weighted by molar-refractivity contribution is 5.94. The summed E-state index contributed by atoms with van der Waals surface area (Å²) in [6.45, 7) is 2.05. The summed E-state index contributed by atoms with van der Waals surface area (Å²) in [6, 6.07) is 15.6. The normalized spacial score (nSPS) is 14.1. The van der Waals surface area contributed by atoms with E-state index in [1.54, 1.807) is 4.90 Å². The highest BCUT2D eigenvalue weighted by Crippen LogP contribution is 2.22. The molecule has 4 N–H and O–H groups in total. The van der Waals surface area contributed by atoms with Crippen LogP contribution in [0.3, 0.4) is 0 Å². The molecule has 2 aromatic carbocycles. The number of hydrogen-bond donors (Lipinski definition) is 3. The van der Waals surface area contributed by atoms with Crippen LogP contribution in [0.4, 0.5) is 21.9 Å². The molecular weight excluding hydrogens is 264 g/mol. The van der Waals surface area contributed by atoms with E-state index in [-0.39, 0.29) is 6.03 Å². The second-order valence-corrected chi connectivity index (χ2v) is 4.99. The van der Waals surface area contributed by atoms with E-state index in [9.17, 15) is 4.79 Å². The van der Waals surface area contributed by atoms with Gasteiger partial charge in [-0.15, -0.1) is 0 Å². The zero-order chi connectivity index (χ0) is 14.7. The van der Waals surface area contributed by atoms with E-state index in [2.05, 4.69) is 10.6 Å². The average Bonchev–Trinajstić information content (AvgIpc) is 2.93. The summed E-state index contributed by atoms with van der Waals surface area (Å²) >= 11 is 0. The van der Waals surface area contributed by atoms with Crippen LogP contribution in [0.2, 0.25) is 0 Å². The Hall–Kier alpha value is -2.69. The molecular formula is C16H18N4O. The maximum Gasteiger partial charge on any atom is 0.321 e. The van der Waals surface area contributed by atoms with Crippen LogP contribution in [0.5, 0.6) is 0 Å². The molecule has 1 heterocycles. The number of carbonyl (C=O) groups is 1. The number of nitrogens with one attached hydrogen (secondary N) is 2. The Kier molecular flexibility index (Phi) is 3.64. The van der Waals surface area contributed by atoms with Crippen molar-refractivity contribution >= 4 is 23.1 Å². The smallest absolute Gasteiger partial charge is 0.321 e. The van der Waals surface area contributed by atoms with Gasteiger partial charge in [-0.05, 0) is 29.8 Å². The summed E-state index contributed by atoms with van der Waals surface area (Å²) in [6.07, 6.45) is 0. The van der Waals surface area contributed by atoms with Crippen LogP contribution in [0.15, 0.2) is 48.5 Å². The van der Waals surface area contributed by atoms with Crippen molar-refractivity contribution in [2.45, 2.75) is 6.54 Å². The summed E-state index contributed by atoms with van der Waals surface area (Å²) in [5, 5.41) is 6.15. The molecule has 1 aliphatic heterocycles. The minimum atomic E-state index is -0.0422. The summed E-state index contributed by atoms with van der Waals surface area (Å²) < 4.78 is 0. The van der Waals surface area contributed by atoms with Crippen molar-refractivity contribution < 1.29 is 4.79 Å². The number of benzene rings is 2. The average molecular weight is 282 g/mol. The summed E-state index contributed by atoms with van der Waals surface area (Å²) in [5.74, 6) is 0. The number of amides is 2. The SMILES string of the molecule is Nc1ccccc1CNc1cccc(N2CCNC2=O)c1. The molecule has 0 unspecified atom stereocenters. The minimum Gasteiger partial charge on any atom is -0.398 e. The molecule has 0 aromatic heterocycles. The molecule has 5 heteroatoms. The number of carbonyl (C=O) groups excluding carboxylic acids is 1. The Balaban J connectivity index is 1.72. The maximum absolute atomic E-state index is 11.7. The molecule has 3 rings (SSSR count). The van der Waals surface area contributed by atoms with E-state index in [0.717, 1.165) is 22.6 Å². The Bertz CT molecular complexity index is 656. The third kappa shape index (κ3) is 2.91. The van der Waals surface area contributed by atoms with Crippen LogP contribution in [-0.4, -0.2) is 19.1 Å². The highest BCUT2D eigenvalue weighted by atomic mass is 16.2. The standard InChI is InChI=1S/C16H18N4O/c17-15-7-2-1-4-12(15)11-19-13-5-3-6-14(10-13)20-9-8-18-16(20)21/h1-7,10,19H,8-9,11,17H2,(H,18,21). The molecule has 1 saturated heterocycles. The van der Waals surface area contributed by atoms with Crippen molar-refractivity contribution in [3.8, 4) is 0 Å². The molecule has 1 aliphatic rings. The van der Waals surface area contributed by atoms with Gasteiger partial charge in [-0.25, -0.2) is 4.79 Å². The van der Waals surface area contributed by atoms with Gasteiger partial charge in [0.05, 0.1) is 0 Å². The van der Waals surface area contributed by atoms with Crippen LogP contribution in [0, 0.1) is 0 Å². The largest absolute Gasteiger partial charge is 0.398 e. The molecule has 5 nitrogen and oxygen atoms in total. The van der Waals surface area contributed by atoms with E-state index in [1.807, 2.05) is 48.5 Å².